The lowest BCUT2D eigenvalue weighted by Crippen LogP contribution is -2.66. The van der Waals surface area contributed by atoms with Crippen LogP contribution >= 0.6 is 24.8 Å². The van der Waals surface area contributed by atoms with Crippen LogP contribution in [0.3, 0.4) is 0 Å². The van der Waals surface area contributed by atoms with E-state index in [0.29, 0.717) is 0 Å². The minimum Gasteiger partial charge on any atom is -0.368 e. The summed E-state index contributed by atoms with van der Waals surface area (Å²) in [6.45, 7) is 3.29. The molecule has 0 aliphatic carbocycles. The fraction of sp³-hybridized carbons (Fsp3) is 0.278. The maximum Gasteiger partial charge on any atom is 0.239 e. The lowest BCUT2D eigenvalue weighted by Gasteiger charge is -2.38. The number of rotatable bonds is 5. The number of carbonyl (C=O) groups excluding carboxylic acids is 1. The number of carbonyl (C=O) groups is 1. The molecule has 0 aliphatic rings. The summed E-state index contributed by atoms with van der Waals surface area (Å²) in [6.07, 6.45) is 0.845. The Morgan fingerprint density at radius 3 is 1.79 bits per heavy atom. The first kappa shape index (κ1) is 22.4. The number of hydrogen-bond acceptors (Lipinski definition) is 3. The van der Waals surface area contributed by atoms with Crippen LogP contribution in [-0.4, -0.2) is 11.4 Å². The van der Waals surface area contributed by atoms with E-state index in [1.807, 2.05) is 42.5 Å². The first-order chi connectivity index (χ1) is 10.2. The molecule has 0 spiro atoms. The zero-order chi connectivity index (χ0) is 16.4. The van der Waals surface area contributed by atoms with Gasteiger partial charge in [-0.05, 0) is 37.0 Å². The Morgan fingerprint density at radius 1 is 0.875 bits per heavy atom. The van der Waals surface area contributed by atoms with Crippen molar-refractivity contribution < 1.29 is 4.79 Å². The molecule has 6 heteroatoms. The van der Waals surface area contributed by atoms with Gasteiger partial charge in [0.05, 0.1) is 5.54 Å². The van der Waals surface area contributed by atoms with Gasteiger partial charge in [-0.25, -0.2) is 0 Å². The van der Waals surface area contributed by atoms with E-state index in [-0.39, 0.29) is 24.8 Å². The monoisotopic (exact) mass is 369 g/mol. The normalized spacial score (nSPS) is 15.2. The number of benzene rings is 2. The summed E-state index contributed by atoms with van der Waals surface area (Å²) in [5.74, 6) is -0.620. The van der Waals surface area contributed by atoms with Crippen LogP contribution in [0.25, 0.3) is 0 Å². The van der Waals surface area contributed by atoms with Crippen LogP contribution in [0.5, 0.6) is 0 Å². The summed E-state index contributed by atoms with van der Waals surface area (Å²) >= 11 is 0. The van der Waals surface area contributed by atoms with Gasteiger partial charge >= 0.3 is 0 Å². The highest BCUT2D eigenvalue weighted by Crippen LogP contribution is 2.28. The van der Waals surface area contributed by atoms with Crippen LogP contribution in [0.15, 0.2) is 54.6 Å². The van der Waals surface area contributed by atoms with E-state index < -0.39 is 17.0 Å². The molecule has 0 aromatic heterocycles. The van der Waals surface area contributed by atoms with Gasteiger partial charge in [0.25, 0.3) is 0 Å². The maximum atomic E-state index is 11.6. The molecule has 2 rings (SSSR count). The van der Waals surface area contributed by atoms with Gasteiger partial charge < -0.3 is 17.2 Å². The number of primary amides is 1. The average molecular weight is 370 g/mol. The third kappa shape index (κ3) is 4.48. The molecule has 2 aromatic rings. The lowest BCUT2D eigenvalue weighted by molar-refractivity contribution is -0.124. The third-order valence-corrected chi connectivity index (χ3v) is 4.40. The van der Waals surface area contributed by atoms with Crippen molar-refractivity contribution in [2.45, 2.75) is 31.3 Å². The predicted octanol–water partition coefficient (Wildman–Crippen LogP) is 2.50. The highest BCUT2D eigenvalue weighted by atomic mass is 35.5. The summed E-state index contributed by atoms with van der Waals surface area (Å²) < 4.78 is 0. The van der Waals surface area contributed by atoms with Crippen LogP contribution in [0.1, 0.15) is 30.5 Å². The standard InChI is InChI=1S/C18H23N3O.2ClH/c1-17(20,18(2,21)16(19)22)15-10-8-14(9-11-15)12-13-6-4-3-5-7-13;;/h3-11H,12,20-21H2,1-2H3,(H2,19,22);2*1H. The second-order valence-electron chi connectivity index (χ2n) is 6.13. The highest BCUT2D eigenvalue weighted by Gasteiger charge is 2.44. The van der Waals surface area contributed by atoms with E-state index in [1.165, 1.54) is 11.1 Å². The Kier molecular flexibility index (Phi) is 7.93. The molecule has 0 saturated heterocycles. The highest BCUT2D eigenvalue weighted by molar-refractivity contribution is 5.86. The van der Waals surface area contributed by atoms with Crippen molar-refractivity contribution in [1.29, 1.82) is 0 Å². The van der Waals surface area contributed by atoms with Gasteiger partial charge in [-0.3, -0.25) is 4.79 Å². The van der Waals surface area contributed by atoms with Crippen molar-refractivity contribution in [1.82, 2.24) is 0 Å². The van der Waals surface area contributed by atoms with Crippen LogP contribution in [0, 0.1) is 0 Å². The molecule has 1 amide bonds. The fourth-order valence-corrected chi connectivity index (χ4v) is 2.36. The summed E-state index contributed by atoms with van der Waals surface area (Å²) in [7, 11) is 0. The molecule has 0 fully saturated rings. The quantitative estimate of drug-likeness (QED) is 0.755. The number of halogens is 2. The Bertz CT molecular complexity index is 656. The molecule has 132 valence electrons. The molecule has 2 aromatic carbocycles. The van der Waals surface area contributed by atoms with Crippen LogP contribution < -0.4 is 17.2 Å². The molecule has 0 bridgehead atoms. The Morgan fingerprint density at radius 2 is 1.33 bits per heavy atom. The molecule has 6 N–H and O–H groups in total. The summed E-state index contributed by atoms with van der Waals surface area (Å²) in [6, 6.07) is 18.0. The molecule has 0 radical (unpaired) electrons. The van der Waals surface area contributed by atoms with E-state index in [9.17, 15) is 4.79 Å². The predicted molar refractivity (Wildman–Crippen MR) is 104 cm³/mol. The Hall–Kier alpha value is -1.59. The Labute approximate surface area is 155 Å². The van der Waals surface area contributed by atoms with E-state index >= 15 is 0 Å². The Balaban J connectivity index is 0.00000264. The molecule has 0 aliphatic heterocycles. The second-order valence-corrected chi connectivity index (χ2v) is 6.13. The van der Waals surface area contributed by atoms with Gasteiger partial charge in [0, 0.05) is 0 Å². The van der Waals surface area contributed by atoms with Crippen molar-refractivity contribution in [3.05, 3.63) is 71.3 Å². The molecule has 0 heterocycles. The number of amides is 1. The second kappa shape index (κ2) is 8.49. The third-order valence-electron chi connectivity index (χ3n) is 4.40. The van der Waals surface area contributed by atoms with Gasteiger partial charge in [0.2, 0.25) is 5.91 Å². The van der Waals surface area contributed by atoms with Crippen molar-refractivity contribution in [2.24, 2.45) is 17.2 Å². The van der Waals surface area contributed by atoms with Crippen molar-refractivity contribution >= 4 is 30.7 Å². The van der Waals surface area contributed by atoms with Gasteiger partial charge in [-0.15, -0.1) is 24.8 Å². The maximum absolute atomic E-state index is 11.6. The summed E-state index contributed by atoms with van der Waals surface area (Å²) in [5.41, 5.74) is 18.5. The van der Waals surface area contributed by atoms with E-state index in [1.54, 1.807) is 13.8 Å². The first-order valence-corrected chi connectivity index (χ1v) is 7.26. The van der Waals surface area contributed by atoms with Crippen molar-refractivity contribution in [2.75, 3.05) is 0 Å². The molecule has 0 saturated carbocycles. The molecule has 2 atom stereocenters. The topological polar surface area (TPSA) is 95.1 Å². The van der Waals surface area contributed by atoms with E-state index in [0.717, 1.165) is 12.0 Å². The average Bonchev–Trinajstić information content (AvgIpc) is 2.48. The molecule has 2 unspecified atom stereocenters. The largest absolute Gasteiger partial charge is 0.368 e. The smallest absolute Gasteiger partial charge is 0.239 e. The lowest BCUT2D eigenvalue weighted by atomic mass is 9.75. The van der Waals surface area contributed by atoms with Gasteiger partial charge in [0.15, 0.2) is 0 Å². The van der Waals surface area contributed by atoms with Crippen LogP contribution in [0.2, 0.25) is 0 Å². The van der Waals surface area contributed by atoms with Crippen molar-refractivity contribution in [3.63, 3.8) is 0 Å². The molecule has 24 heavy (non-hydrogen) atoms. The SMILES string of the molecule is CC(N)(C(N)=O)C(C)(N)c1ccc(Cc2ccccc2)cc1.Cl.Cl. The minimum absolute atomic E-state index is 0. The zero-order valence-corrected chi connectivity index (χ0v) is 15.5. The number of nitrogens with two attached hydrogens (primary N) is 3. The minimum atomic E-state index is -1.33. The van der Waals surface area contributed by atoms with Gasteiger partial charge in [-0.1, -0.05) is 54.6 Å². The van der Waals surface area contributed by atoms with Gasteiger partial charge in [-0.2, -0.15) is 0 Å². The summed E-state index contributed by atoms with van der Waals surface area (Å²) in [4.78, 5) is 11.6. The van der Waals surface area contributed by atoms with Crippen molar-refractivity contribution in [3.8, 4) is 0 Å². The molecule has 4 nitrogen and oxygen atoms in total. The fourth-order valence-electron chi connectivity index (χ4n) is 2.36. The molecular weight excluding hydrogens is 345 g/mol. The molecular formula is C18H25Cl2N3O. The first-order valence-electron chi connectivity index (χ1n) is 7.26. The number of hydrogen-bond donors (Lipinski definition) is 3. The van der Waals surface area contributed by atoms with Gasteiger partial charge in [0.1, 0.15) is 5.54 Å². The van der Waals surface area contributed by atoms with E-state index in [2.05, 4.69) is 12.1 Å². The van der Waals surface area contributed by atoms with Crippen LogP contribution in [0.4, 0.5) is 0 Å². The van der Waals surface area contributed by atoms with E-state index in [4.69, 9.17) is 17.2 Å². The van der Waals surface area contributed by atoms with Crippen LogP contribution in [-0.2, 0) is 16.8 Å². The zero-order valence-electron chi connectivity index (χ0n) is 13.9. The summed E-state index contributed by atoms with van der Waals surface area (Å²) in [5, 5.41) is 0.